The zero-order chi connectivity index (χ0) is 21.5. The predicted molar refractivity (Wildman–Crippen MR) is 123 cm³/mol. The molecule has 5 nitrogen and oxygen atoms in total. The highest BCUT2D eigenvalue weighted by Crippen LogP contribution is 2.29. The van der Waals surface area contributed by atoms with Crippen molar-refractivity contribution in [2.45, 2.75) is 77.8 Å². The Bertz CT molecular complexity index is 689. The van der Waals surface area contributed by atoms with E-state index in [-0.39, 0.29) is 6.03 Å². The second kappa shape index (κ2) is 11.0. The van der Waals surface area contributed by atoms with Crippen LogP contribution < -0.4 is 4.74 Å². The van der Waals surface area contributed by atoms with Gasteiger partial charge in [-0.1, -0.05) is 13.0 Å². The first-order valence-electron chi connectivity index (χ1n) is 12.1. The summed E-state index contributed by atoms with van der Waals surface area (Å²) in [6.07, 6.45) is 8.07. The van der Waals surface area contributed by atoms with Crippen molar-refractivity contribution in [3.8, 4) is 5.75 Å². The lowest BCUT2D eigenvalue weighted by atomic mass is 9.86. The van der Waals surface area contributed by atoms with Crippen molar-refractivity contribution in [3.05, 3.63) is 29.3 Å². The van der Waals surface area contributed by atoms with Crippen LogP contribution in [0.15, 0.2) is 18.2 Å². The van der Waals surface area contributed by atoms with Gasteiger partial charge in [0.15, 0.2) is 0 Å². The Morgan fingerprint density at radius 3 is 2.63 bits per heavy atom. The Morgan fingerprint density at radius 1 is 1.13 bits per heavy atom. The third-order valence-electron chi connectivity index (χ3n) is 7.00. The van der Waals surface area contributed by atoms with Gasteiger partial charge in [-0.3, -0.25) is 4.90 Å². The number of hydrogen-bond acceptors (Lipinski definition) is 3. The van der Waals surface area contributed by atoms with Crippen LogP contribution in [0.5, 0.6) is 5.75 Å². The van der Waals surface area contributed by atoms with Crippen LogP contribution in [0.2, 0.25) is 0 Å². The maximum atomic E-state index is 13.1. The van der Waals surface area contributed by atoms with E-state index in [0.29, 0.717) is 12.1 Å². The Balaban J connectivity index is 1.71. The molecule has 1 aliphatic carbocycles. The molecular formula is C25H41N3O2. The van der Waals surface area contributed by atoms with Crippen LogP contribution in [-0.2, 0) is 12.8 Å². The summed E-state index contributed by atoms with van der Waals surface area (Å²) in [5.74, 6) is 0.963. The summed E-state index contributed by atoms with van der Waals surface area (Å²) >= 11 is 0. The molecule has 0 spiro atoms. The largest absolute Gasteiger partial charge is 0.497 e. The standard InChI is InChI=1S/C25H41N3O2/c1-5-15-27(22-13-11-21-18-24(30-4)14-12-20(21)17-22)19-23-10-8-9-16-28(23)25(29)26(6-2)7-3/h12,14,18,22-23H,5-11,13,15-17,19H2,1-4H3. The molecule has 2 unspecified atom stereocenters. The normalized spacial score (nSPS) is 21.4. The molecule has 1 aliphatic heterocycles. The van der Waals surface area contributed by atoms with Crippen LogP contribution in [0.1, 0.15) is 64.0 Å². The maximum Gasteiger partial charge on any atom is 0.320 e. The van der Waals surface area contributed by atoms with Gasteiger partial charge in [-0.15, -0.1) is 0 Å². The minimum absolute atomic E-state index is 0.238. The molecule has 0 N–H and O–H groups in total. The molecule has 1 heterocycles. The molecule has 168 valence electrons. The quantitative estimate of drug-likeness (QED) is 0.623. The SMILES string of the molecule is CCCN(CC1CCCCN1C(=O)N(CC)CC)C1CCc2cc(OC)ccc2C1. The van der Waals surface area contributed by atoms with E-state index in [9.17, 15) is 4.79 Å². The molecule has 1 saturated heterocycles. The number of rotatable bonds is 8. The van der Waals surface area contributed by atoms with Gasteiger partial charge in [0.25, 0.3) is 0 Å². The summed E-state index contributed by atoms with van der Waals surface area (Å²) < 4.78 is 5.41. The van der Waals surface area contributed by atoms with Gasteiger partial charge in [0.2, 0.25) is 0 Å². The topological polar surface area (TPSA) is 36.0 Å². The van der Waals surface area contributed by atoms with Crippen LogP contribution in [0.4, 0.5) is 4.79 Å². The molecule has 1 aromatic rings. The van der Waals surface area contributed by atoms with Crippen molar-refractivity contribution in [1.29, 1.82) is 0 Å². The third-order valence-corrected chi connectivity index (χ3v) is 7.00. The summed E-state index contributed by atoms with van der Waals surface area (Å²) in [6.45, 7) is 11.1. The van der Waals surface area contributed by atoms with E-state index in [2.05, 4.69) is 48.8 Å². The summed E-state index contributed by atoms with van der Waals surface area (Å²) in [5.41, 5.74) is 2.91. The molecule has 0 saturated carbocycles. The van der Waals surface area contributed by atoms with Crippen molar-refractivity contribution in [1.82, 2.24) is 14.7 Å². The van der Waals surface area contributed by atoms with E-state index >= 15 is 0 Å². The number of hydrogen-bond donors (Lipinski definition) is 0. The Morgan fingerprint density at radius 2 is 1.93 bits per heavy atom. The highest BCUT2D eigenvalue weighted by atomic mass is 16.5. The molecule has 5 heteroatoms. The summed E-state index contributed by atoms with van der Waals surface area (Å²) in [4.78, 5) is 20.0. The number of fused-ring (bicyclic) bond motifs is 1. The molecule has 30 heavy (non-hydrogen) atoms. The van der Waals surface area contributed by atoms with Crippen molar-refractivity contribution in [2.24, 2.45) is 0 Å². The molecule has 1 fully saturated rings. The molecule has 2 amide bonds. The first kappa shape index (κ1) is 22.9. The number of carbonyl (C=O) groups excluding carboxylic acids is 1. The van der Waals surface area contributed by atoms with E-state index in [0.717, 1.165) is 70.6 Å². The van der Waals surface area contributed by atoms with Gasteiger partial charge in [-0.05, 0) is 88.6 Å². The van der Waals surface area contributed by atoms with Crippen LogP contribution in [0, 0.1) is 0 Å². The lowest BCUT2D eigenvalue weighted by Crippen LogP contribution is -2.55. The first-order chi connectivity index (χ1) is 14.6. The van der Waals surface area contributed by atoms with Gasteiger partial charge in [0, 0.05) is 38.3 Å². The van der Waals surface area contributed by atoms with Gasteiger partial charge < -0.3 is 14.5 Å². The van der Waals surface area contributed by atoms with Crippen molar-refractivity contribution < 1.29 is 9.53 Å². The Labute approximate surface area is 183 Å². The number of ether oxygens (including phenoxy) is 1. The minimum Gasteiger partial charge on any atom is -0.497 e. The summed E-state index contributed by atoms with van der Waals surface area (Å²) in [6, 6.07) is 7.70. The van der Waals surface area contributed by atoms with Crippen LogP contribution >= 0.6 is 0 Å². The van der Waals surface area contributed by atoms with Gasteiger partial charge >= 0.3 is 6.03 Å². The van der Waals surface area contributed by atoms with E-state index in [1.165, 1.54) is 24.0 Å². The van der Waals surface area contributed by atoms with Crippen molar-refractivity contribution in [3.63, 3.8) is 0 Å². The van der Waals surface area contributed by atoms with E-state index in [1.807, 2.05) is 4.90 Å². The van der Waals surface area contributed by atoms with Crippen LogP contribution in [0.3, 0.4) is 0 Å². The summed E-state index contributed by atoms with van der Waals surface area (Å²) in [7, 11) is 1.74. The average Bonchev–Trinajstić information content (AvgIpc) is 2.79. The maximum absolute atomic E-state index is 13.1. The number of nitrogens with zero attached hydrogens (tertiary/aromatic N) is 3. The van der Waals surface area contributed by atoms with E-state index < -0.39 is 0 Å². The number of methoxy groups -OCH3 is 1. The lowest BCUT2D eigenvalue weighted by Gasteiger charge is -2.43. The molecule has 3 rings (SSSR count). The number of aryl methyl sites for hydroxylation is 1. The Hall–Kier alpha value is -1.75. The van der Waals surface area contributed by atoms with Crippen LogP contribution in [0.25, 0.3) is 0 Å². The van der Waals surface area contributed by atoms with Crippen molar-refractivity contribution in [2.75, 3.05) is 39.8 Å². The second-order valence-electron chi connectivity index (χ2n) is 8.82. The highest BCUT2D eigenvalue weighted by molar-refractivity contribution is 5.75. The molecule has 0 bridgehead atoms. The van der Waals surface area contributed by atoms with Crippen LogP contribution in [-0.4, -0.2) is 72.6 Å². The molecule has 1 aromatic carbocycles. The first-order valence-corrected chi connectivity index (χ1v) is 12.1. The number of likely N-dealkylation sites (tertiary alicyclic amines) is 1. The predicted octanol–water partition coefficient (Wildman–Crippen LogP) is 4.58. The monoisotopic (exact) mass is 415 g/mol. The van der Waals surface area contributed by atoms with Gasteiger partial charge in [0.05, 0.1) is 7.11 Å². The highest BCUT2D eigenvalue weighted by Gasteiger charge is 2.33. The van der Waals surface area contributed by atoms with Gasteiger partial charge in [0.1, 0.15) is 5.75 Å². The molecule has 2 atom stereocenters. The van der Waals surface area contributed by atoms with Crippen molar-refractivity contribution >= 4 is 6.03 Å². The molecule has 2 aliphatic rings. The fraction of sp³-hybridized carbons (Fsp3) is 0.720. The Kier molecular flexibility index (Phi) is 8.43. The van der Waals surface area contributed by atoms with E-state index in [1.54, 1.807) is 7.11 Å². The van der Waals surface area contributed by atoms with Gasteiger partial charge in [-0.2, -0.15) is 0 Å². The molecule has 0 aromatic heterocycles. The lowest BCUT2D eigenvalue weighted by molar-refractivity contribution is 0.0794. The fourth-order valence-corrected chi connectivity index (χ4v) is 5.25. The number of piperidine rings is 1. The number of carbonyl (C=O) groups is 1. The minimum atomic E-state index is 0.238. The summed E-state index contributed by atoms with van der Waals surface area (Å²) in [5, 5.41) is 0. The number of benzene rings is 1. The van der Waals surface area contributed by atoms with E-state index in [4.69, 9.17) is 4.74 Å². The smallest absolute Gasteiger partial charge is 0.320 e. The zero-order valence-corrected chi connectivity index (χ0v) is 19.5. The second-order valence-corrected chi connectivity index (χ2v) is 8.82. The fourth-order valence-electron chi connectivity index (χ4n) is 5.25. The average molecular weight is 416 g/mol. The number of amides is 2. The molecule has 0 radical (unpaired) electrons. The third kappa shape index (κ3) is 5.29. The molecular weight excluding hydrogens is 374 g/mol. The number of urea groups is 1. The van der Waals surface area contributed by atoms with Gasteiger partial charge in [-0.25, -0.2) is 4.79 Å². The zero-order valence-electron chi connectivity index (χ0n) is 19.5.